The average Bonchev–Trinajstić information content (AvgIpc) is 2.03. The molecule has 1 rings (SSSR count). The largest absolute Gasteiger partial charge is 0.364 e. The molecule has 0 aliphatic carbocycles. The lowest BCUT2D eigenvalue weighted by atomic mass is 10.2. The fourth-order valence-corrected chi connectivity index (χ4v) is 1.90. The number of carbonyl (C=O) groups excluding carboxylic acids is 1. The van der Waals surface area contributed by atoms with E-state index in [4.69, 9.17) is 4.74 Å². The molecule has 1 aliphatic rings. The van der Waals surface area contributed by atoms with Gasteiger partial charge in [0.2, 0.25) is 5.91 Å². The monoisotopic (exact) mass is 283 g/mol. The van der Waals surface area contributed by atoms with Crippen LogP contribution in [0, 0.1) is 5.92 Å². The van der Waals surface area contributed by atoms with E-state index in [1.165, 1.54) is 0 Å². The molecule has 0 aromatic rings. The Bertz CT molecular complexity index is 172. The molecule has 1 unspecified atom stereocenters. The van der Waals surface area contributed by atoms with Crippen molar-refractivity contribution in [3.8, 4) is 0 Å². The van der Waals surface area contributed by atoms with Gasteiger partial charge in [-0.1, -0.05) is 13.8 Å². The number of ether oxygens (including phenoxy) is 1. The maximum absolute atomic E-state index is 11.5. The first-order valence-corrected chi connectivity index (χ1v) is 5.40. The number of morpholine rings is 1. The molecule has 0 bridgehead atoms. The molecule has 1 heterocycles. The van der Waals surface area contributed by atoms with E-state index in [9.17, 15) is 4.79 Å². The lowest BCUT2D eigenvalue weighted by Gasteiger charge is -2.31. The Kier molecular flexibility index (Phi) is 3.77. The van der Waals surface area contributed by atoms with Gasteiger partial charge in [0.1, 0.15) is 4.11 Å². The molecule has 1 atom stereocenters. The highest BCUT2D eigenvalue weighted by Gasteiger charge is 2.23. The zero-order valence-electron chi connectivity index (χ0n) is 7.42. The standard InChI is InChI=1S/C8H14INO2/c1-6(2)8(11)10-3-4-12-7(9)5-10/h6-7H,3-5H2,1-2H3. The van der Waals surface area contributed by atoms with E-state index in [2.05, 4.69) is 22.6 Å². The molecule has 4 heteroatoms. The molecule has 3 nitrogen and oxygen atoms in total. The summed E-state index contributed by atoms with van der Waals surface area (Å²) < 4.78 is 5.50. The average molecular weight is 283 g/mol. The van der Waals surface area contributed by atoms with Crippen molar-refractivity contribution in [3.05, 3.63) is 0 Å². The number of carbonyl (C=O) groups is 1. The van der Waals surface area contributed by atoms with Crippen molar-refractivity contribution in [1.29, 1.82) is 0 Å². The number of halogens is 1. The van der Waals surface area contributed by atoms with Crippen LogP contribution in [0.4, 0.5) is 0 Å². The summed E-state index contributed by atoms with van der Waals surface area (Å²) >= 11 is 2.21. The van der Waals surface area contributed by atoms with Crippen molar-refractivity contribution in [2.45, 2.75) is 18.0 Å². The first-order chi connectivity index (χ1) is 5.61. The van der Waals surface area contributed by atoms with Crippen LogP contribution < -0.4 is 0 Å². The van der Waals surface area contributed by atoms with Crippen molar-refractivity contribution < 1.29 is 9.53 Å². The first-order valence-electron chi connectivity index (χ1n) is 4.15. The summed E-state index contributed by atoms with van der Waals surface area (Å²) in [4.78, 5) is 13.4. The van der Waals surface area contributed by atoms with Crippen LogP contribution in [0.15, 0.2) is 0 Å². The van der Waals surface area contributed by atoms with Crippen LogP contribution in [0.2, 0.25) is 0 Å². The number of amides is 1. The fraction of sp³-hybridized carbons (Fsp3) is 0.875. The molecule has 1 amide bonds. The summed E-state index contributed by atoms with van der Waals surface area (Å²) in [6.07, 6.45) is 0. The molecule has 0 aromatic carbocycles. The molecule has 0 saturated carbocycles. The Morgan fingerprint density at radius 1 is 1.67 bits per heavy atom. The van der Waals surface area contributed by atoms with Crippen molar-refractivity contribution >= 4 is 28.5 Å². The molecule has 12 heavy (non-hydrogen) atoms. The zero-order valence-corrected chi connectivity index (χ0v) is 9.58. The Morgan fingerprint density at radius 2 is 2.33 bits per heavy atom. The van der Waals surface area contributed by atoms with Crippen LogP contribution in [0.3, 0.4) is 0 Å². The van der Waals surface area contributed by atoms with Gasteiger partial charge in [-0.3, -0.25) is 4.79 Å². The van der Waals surface area contributed by atoms with Crippen molar-refractivity contribution in [2.75, 3.05) is 19.7 Å². The first kappa shape index (κ1) is 10.2. The van der Waals surface area contributed by atoms with Crippen molar-refractivity contribution in [2.24, 2.45) is 5.92 Å². The lowest BCUT2D eigenvalue weighted by Crippen LogP contribution is -2.45. The second kappa shape index (κ2) is 4.41. The van der Waals surface area contributed by atoms with Crippen molar-refractivity contribution in [3.63, 3.8) is 0 Å². The van der Waals surface area contributed by atoms with Gasteiger partial charge in [0, 0.05) is 12.5 Å². The zero-order chi connectivity index (χ0) is 9.14. The molecule has 0 spiro atoms. The SMILES string of the molecule is CC(C)C(=O)N1CCOC(I)C1. The van der Waals surface area contributed by atoms with Crippen LogP contribution in [-0.4, -0.2) is 34.6 Å². The van der Waals surface area contributed by atoms with E-state index in [1.54, 1.807) is 0 Å². The normalized spacial score (nSPS) is 24.7. The molecule has 1 saturated heterocycles. The number of alkyl halides is 1. The summed E-state index contributed by atoms with van der Waals surface area (Å²) in [5.41, 5.74) is 0. The van der Waals surface area contributed by atoms with Gasteiger partial charge in [-0.15, -0.1) is 0 Å². The molecule has 0 aromatic heterocycles. The second-order valence-corrected chi connectivity index (χ2v) is 4.61. The van der Waals surface area contributed by atoms with Crippen LogP contribution in [0.5, 0.6) is 0 Å². The summed E-state index contributed by atoms with van der Waals surface area (Å²) in [6.45, 7) is 6.01. The predicted octanol–water partition coefficient (Wildman–Crippen LogP) is 1.26. The third-order valence-electron chi connectivity index (χ3n) is 1.83. The van der Waals surface area contributed by atoms with E-state index < -0.39 is 0 Å². The third kappa shape index (κ3) is 2.58. The molecule has 1 aliphatic heterocycles. The number of hydrogen-bond donors (Lipinski definition) is 0. The minimum atomic E-state index is 0.103. The van der Waals surface area contributed by atoms with E-state index in [-0.39, 0.29) is 15.9 Å². The topological polar surface area (TPSA) is 29.5 Å². The molecular weight excluding hydrogens is 269 g/mol. The van der Waals surface area contributed by atoms with Crippen molar-refractivity contribution in [1.82, 2.24) is 4.90 Å². The van der Waals surface area contributed by atoms with Crippen LogP contribution in [0.25, 0.3) is 0 Å². The molecular formula is C8H14INO2. The van der Waals surface area contributed by atoms with Gasteiger partial charge in [0.15, 0.2) is 0 Å². The maximum Gasteiger partial charge on any atom is 0.225 e. The Hall–Kier alpha value is 0.160. The van der Waals surface area contributed by atoms with Crippen LogP contribution in [0.1, 0.15) is 13.8 Å². The van der Waals surface area contributed by atoms with Gasteiger partial charge < -0.3 is 9.64 Å². The highest BCUT2D eigenvalue weighted by molar-refractivity contribution is 14.1. The van der Waals surface area contributed by atoms with Gasteiger partial charge in [0.05, 0.1) is 13.2 Å². The highest BCUT2D eigenvalue weighted by atomic mass is 127. The molecule has 1 fully saturated rings. The minimum absolute atomic E-state index is 0.103. The highest BCUT2D eigenvalue weighted by Crippen LogP contribution is 2.13. The van der Waals surface area contributed by atoms with Gasteiger partial charge in [-0.05, 0) is 22.6 Å². The molecule has 0 radical (unpaired) electrons. The number of nitrogens with zero attached hydrogens (tertiary/aromatic N) is 1. The van der Waals surface area contributed by atoms with Gasteiger partial charge >= 0.3 is 0 Å². The van der Waals surface area contributed by atoms with Crippen LogP contribution in [-0.2, 0) is 9.53 Å². The maximum atomic E-state index is 11.5. The van der Waals surface area contributed by atoms with E-state index in [0.717, 1.165) is 13.1 Å². The van der Waals surface area contributed by atoms with Gasteiger partial charge in [-0.25, -0.2) is 0 Å². The van der Waals surface area contributed by atoms with E-state index in [0.29, 0.717) is 6.61 Å². The Morgan fingerprint density at radius 3 is 2.83 bits per heavy atom. The number of hydrogen-bond acceptors (Lipinski definition) is 2. The molecule has 70 valence electrons. The van der Waals surface area contributed by atoms with Gasteiger partial charge in [0.25, 0.3) is 0 Å². The summed E-state index contributed by atoms with van der Waals surface area (Å²) in [6, 6.07) is 0. The second-order valence-electron chi connectivity index (χ2n) is 3.22. The minimum Gasteiger partial charge on any atom is -0.364 e. The summed E-state index contributed by atoms with van der Waals surface area (Å²) in [5.74, 6) is 0.340. The van der Waals surface area contributed by atoms with E-state index in [1.807, 2.05) is 18.7 Å². The molecule has 0 N–H and O–H groups in total. The fourth-order valence-electron chi connectivity index (χ4n) is 1.17. The number of rotatable bonds is 1. The smallest absolute Gasteiger partial charge is 0.225 e. The lowest BCUT2D eigenvalue weighted by molar-refractivity contribution is -0.138. The van der Waals surface area contributed by atoms with E-state index >= 15 is 0 Å². The Balaban J connectivity index is 2.46. The predicted molar refractivity (Wildman–Crippen MR) is 55.2 cm³/mol. The van der Waals surface area contributed by atoms with Gasteiger partial charge in [-0.2, -0.15) is 0 Å². The summed E-state index contributed by atoms with van der Waals surface area (Å²) in [7, 11) is 0. The Labute approximate surface area is 86.6 Å². The third-order valence-corrected chi connectivity index (χ3v) is 2.58. The summed E-state index contributed by atoms with van der Waals surface area (Å²) in [5, 5.41) is 0. The quantitative estimate of drug-likeness (QED) is 0.535. The van der Waals surface area contributed by atoms with Crippen LogP contribution >= 0.6 is 22.6 Å².